The van der Waals surface area contributed by atoms with Crippen molar-refractivity contribution in [3.63, 3.8) is 0 Å². The van der Waals surface area contributed by atoms with Crippen LogP contribution in [0, 0.1) is 0 Å². The summed E-state index contributed by atoms with van der Waals surface area (Å²) in [7, 11) is 0. The molecular weight excluding hydrogens is 262 g/mol. The Hall–Kier alpha value is -0.650. The van der Waals surface area contributed by atoms with E-state index in [9.17, 15) is 0 Å². The second-order valence-electron chi connectivity index (χ2n) is 3.80. The molecule has 2 aromatic heterocycles. The number of thiophene rings is 1. The normalized spacial score (nSPS) is 19.4. The SMILES string of the molecule is Clc1cc2c(s1)CCCC2Nc1cnns1. The number of anilines is 1. The number of halogens is 1. The summed E-state index contributed by atoms with van der Waals surface area (Å²) < 4.78 is 4.74. The van der Waals surface area contributed by atoms with Crippen LogP contribution in [0.4, 0.5) is 5.00 Å². The fourth-order valence-corrected chi connectivity index (χ4v) is 3.93. The van der Waals surface area contributed by atoms with Gasteiger partial charge >= 0.3 is 0 Å². The molecule has 0 aliphatic heterocycles. The fraction of sp³-hybridized carbons (Fsp3) is 0.400. The first kappa shape index (κ1) is 10.5. The summed E-state index contributed by atoms with van der Waals surface area (Å²) in [6.45, 7) is 0. The minimum atomic E-state index is 0.370. The van der Waals surface area contributed by atoms with Gasteiger partial charge in [-0.2, -0.15) is 0 Å². The van der Waals surface area contributed by atoms with Gasteiger partial charge in [-0.1, -0.05) is 16.1 Å². The third-order valence-corrected chi connectivity index (χ3v) is 4.70. The zero-order valence-corrected chi connectivity index (χ0v) is 10.8. The van der Waals surface area contributed by atoms with E-state index in [0.29, 0.717) is 6.04 Å². The maximum absolute atomic E-state index is 6.07. The van der Waals surface area contributed by atoms with Crippen LogP contribution >= 0.6 is 34.5 Å². The highest BCUT2D eigenvalue weighted by molar-refractivity contribution is 7.16. The van der Waals surface area contributed by atoms with Gasteiger partial charge in [0.05, 0.1) is 16.6 Å². The molecule has 1 N–H and O–H groups in total. The Morgan fingerprint density at radius 3 is 3.25 bits per heavy atom. The Kier molecular flexibility index (Phi) is 2.83. The third-order valence-electron chi connectivity index (χ3n) is 2.76. The molecule has 0 amide bonds. The van der Waals surface area contributed by atoms with Gasteiger partial charge in [0.25, 0.3) is 0 Å². The van der Waals surface area contributed by atoms with Crippen LogP contribution in [0.5, 0.6) is 0 Å². The van der Waals surface area contributed by atoms with Gasteiger partial charge in [0.1, 0.15) is 5.00 Å². The molecule has 3 nitrogen and oxygen atoms in total. The number of aryl methyl sites for hydroxylation is 1. The smallest absolute Gasteiger partial charge is 0.130 e. The summed E-state index contributed by atoms with van der Waals surface area (Å²) in [4.78, 5) is 1.42. The van der Waals surface area contributed by atoms with Crippen molar-refractivity contribution >= 4 is 39.5 Å². The average molecular weight is 272 g/mol. The maximum Gasteiger partial charge on any atom is 0.130 e. The van der Waals surface area contributed by atoms with Crippen molar-refractivity contribution < 1.29 is 0 Å². The molecule has 0 saturated carbocycles. The highest BCUT2D eigenvalue weighted by atomic mass is 35.5. The lowest BCUT2D eigenvalue weighted by atomic mass is 9.94. The summed E-state index contributed by atoms with van der Waals surface area (Å²) in [6.07, 6.45) is 5.30. The number of rotatable bonds is 2. The van der Waals surface area contributed by atoms with E-state index < -0.39 is 0 Å². The van der Waals surface area contributed by atoms with Crippen molar-refractivity contribution in [2.75, 3.05) is 5.32 Å². The molecule has 1 aliphatic carbocycles. The number of aromatic nitrogens is 2. The van der Waals surface area contributed by atoms with E-state index in [0.717, 1.165) is 22.2 Å². The second-order valence-corrected chi connectivity index (χ2v) is 6.35. The summed E-state index contributed by atoms with van der Waals surface area (Å²) >= 11 is 9.17. The molecule has 0 aromatic carbocycles. The topological polar surface area (TPSA) is 37.8 Å². The first-order chi connectivity index (χ1) is 7.83. The molecule has 1 atom stereocenters. The Morgan fingerprint density at radius 2 is 2.44 bits per heavy atom. The molecule has 2 heterocycles. The second kappa shape index (κ2) is 4.31. The van der Waals surface area contributed by atoms with Gasteiger partial charge in [0.2, 0.25) is 0 Å². The summed E-state index contributed by atoms with van der Waals surface area (Å²) in [5, 5.41) is 8.33. The van der Waals surface area contributed by atoms with Gasteiger partial charge in [-0.25, -0.2) is 0 Å². The fourth-order valence-electron chi connectivity index (χ4n) is 2.07. The van der Waals surface area contributed by atoms with Gasteiger partial charge in [-0.05, 0) is 30.9 Å². The Balaban J connectivity index is 1.87. The number of hydrogen-bond acceptors (Lipinski definition) is 5. The van der Waals surface area contributed by atoms with Crippen molar-refractivity contribution in [1.82, 2.24) is 9.59 Å². The summed E-state index contributed by atoms with van der Waals surface area (Å²) in [5.74, 6) is 0. The molecule has 0 spiro atoms. The van der Waals surface area contributed by atoms with E-state index in [4.69, 9.17) is 11.6 Å². The van der Waals surface area contributed by atoms with Gasteiger partial charge in [0, 0.05) is 16.4 Å². The number of nitrogens with zero attached hydrogens (tertiary/aromatic N) is 2. The zero-order valence-electron chi connectivity index (χ0n) is 8.44. The van der Waals surface area contributed by atoms with E-state index in [-0.39, 0.29) is 0 Å². The lowest BCUT2D eigenvalue weighted by molar-refractivity contribution is 0.610. The molecule has 16 heavy (non-hydrogen) atoms. The molecule has 0 saturated heterocycles. The third kappa shape index (κ3) is 1.95. The first-order valence-corrected chi connectivity index (χ1v) is 7.12. The van der Waals surface area contributed by atoms with Crippen LogP contribution in [-0.4, -0.2) is 9.59 Å². The van der Waals surface area contributed by atoms with Gasteiger partial charge < -0.3 is 5.32 Å². The average Bonchev–Trinajstić information content (AvgIpc) is 2.86. The predicted octanol–water partition coefficient (Wildman–Crippen LogP) is 3.74. The Morgan fingerprint density at radius 1 is 1.50 bits per heavy atom. The van der Waals surface area contributed by atoms with Crippen LogP contribution in [0.2, 0.25) is 4.34 Å². The van der Waals surface area contributed by atoms with Gasteiger partial charge in [-0.3, -0.25) is 0 Å². The first-order valence-electron chi connectivity index (χ1n) is 5.15. The van der Waals surface area contributed by atoms with Crippen LogP contribution in [0.1, 0.15) is 29.3 Å². The van der Waals surface area contributed by atoms with Gasteiger partial charge in [0.15, 0.2) is 0 Å². The van der Waals surface area contributed by atoms with E-state index in [1.54, 1.807) is 17.5 Å². The van der Waals surface area contributed by atoms with Crippen molar-refractivity contribution in [2.24, 2.45) is 0 Å². The molecule has 1 unspecified atom stereocenters. The van der Waals surface area contributed by atoms with Crippen LogP contribution in [-0.2, 0) is 6.42 Å². The van der Waals surface area contributed by atoms with Crippen LogP contribution in [0.15, 0.2) is 12.3 Å². The molecule has 0 bridgehead atoms. The predicted molar refractivity (Wildman–Crippen MR) is 68.5 cm³/mol. The van der Waals surface area contributed by atoms with E-state index in [1.165, 1.54) is 28.4 Å². The Labute approximate surface area is 107 Å². The minimum absolute atomic E-state index is 0.370. The molecular formula is C10H10ClN3S2. The van der Waals surface area contributed by atoms with E-state index >= 15 is 0 Å². The molecule has 2 aromatic rings. The lowest BCUT2D eigenvalue weighted by Gasteiger charge is -2.23. The van der Waals surface area contributed by atoms with E-state index in [2.05, 4.69) is 21.0 Å². The Bertz CT molecular complexity index is 480. The monoisotopic (exact) mass is 271 g/mol. The van der Waals surface area contributed by atoms with Crippen molar-refractivity contribution in [1.29, 1.82) is 0 Å². The maximum atomic E-state index is 6.07. The standard InChI is InChI=1S/C10H10ClN3S2/c11-9-4-6-7(2-1-3-8(6)15-9)13-10-5-12-14-16-10/h4-5,7,13H,1-3H2. The molecule has 84 valence electrons. The van der Waals surface area contributed by atoms with E-state index in [1.807, 2.05) is 0 Å². The van der Waals surface area contributed by atoms with Crippen molar-refractivity contribution in [2.45, 2.75) is 25.3 Å². The van der Waals surface area contributed by atoms with Crippen molar-refractivity contribution in [3.05, 3.63) is 27.0 Å². The molecule has 0 radical (unpaired) electrons. The lowest BCUT2D eigenvalue weighted by Crippen LogP contribution is -2.14. The summed E-state index contributed by atoms with van der Waals surface area (Å²) in [5.41, 5.74) is 1.36. The molecule has 1 aliphatic rings. The highest BCUT2D eigenvalue weighted by Gasteiger charge is 2.22. The van der Waals surface area contributed by atoms with Crippen molar-refractivity contribution in [3.8, 4) is 0 Å². The molecule has 3 rings (SSSR count). The van der Waals surface area contributed by atoms with Gasteiger partial charge in [-0.15, -0.1) is 16.4 Å². The van der Waals surface area contributed by atoms with Crippen LogP contribution < -0.4 is 5.32 Å². The highest BCUT2D eigenvalue weighted by Crippen LogP contribution is 2.39. The number of nitrogens with one attached hydrogen (secondary N) is 1. The number of hydrogen-bond donors (Lipinski definition) is 1. The molecule has 6 heteroatoms. The summed E-state index contributed by atoms with van der Waals surface area (Å²) in [6, 6.07) is 2.46. The largest absolute Gasteiger partial charge is 0.367 e. The molecule has 0 fully saturated rings. The zero-order chi connectivity index (χ0) is 11.0. The van der Waals surface area contributed by atoms with Crippen LogP contribution in [0.25, 0.3) is 0 Å². The van der Waals surface area contributed by atoms with Crippen LogP contribution in [0.3, 0.4) is 0 Å². The quantitative estimate of drug-likeness (QED) is 0.904. The minimum Gasteiger partial charge on any atom is -0.367 e. The number of fused-ring (bicyclic) bond motifs is 1.